The molecule has 0 aliphatic carbocycles. The third-order valence-electron chi connectivity index (χ3n) is 6.52. The number of hydrogen-bond donors (Lipinski definition) is 2. The first kappa shape index (κ1) is 23.1. The molecule has 0 saturated heterocycles. The SMILES string of the molecule is O=C1CCc2c(Oc3ccc4c(c3)CC(c3ncc(-c5cccc(C(F)(F)F)c5)[nH]3)CO4)ccnc2N1. The lowest BCUT2D eigenvalue weighted by molar-refractivity contribution is -0.137. The lowest BCUT2D eigenvalue weighted by Crippen LogP contribution is -2.20. The fourth-order valence-corrected chi connectivity index (χ4v) is 4.64. The summed E-state index contributed by atoms with van der Waals surface area (Å²) in [5.41, 5.74) is 2.01. The molecule has 2 aliphatic heterocycles. The predicted molar refractivity (Wildman–Crippen MR) is 129 cm³/mol. The first-order chi connectivity index (χ1) is 17.8. The molecular formula is C27H21F3N4O3. The number of carbonyl (C=O) groups is 1. The fraction of sp³-hybridized carbons (Fsp3) is 0.222. The largest absolute Gasteiger partial charge is 0.493 e. The summed E-state index contributed by atoms with van der Waals surface area (Å²) in [6.45, 7) is 0.389. The van der Waals surface area contributed by atoms with E-state index in [-0.39, 0.29) is 11.8 Å². The highest BCUT2D eigenvalue weighted by Gasteiger charge is 2.31. The summed E-state index contributed by atoms with van der Waals surface area (Å²) in [4.78, 5) is 23.5. The van der Waals surface area contributed by atoms with Gasteiger partial charge in [0.05, 0.1) is 30.0 Å². The molecule has 6 rings (SSSR count). The Morgan fingerprint density at radius 2 is 1.95 bits per heavy atom. The average molecular weight is 506 g/mol. The van der Waals surface area contributed by atoms with E-state index in [1.165, 1.54) is 6.07 Å². The number of nitrogens with one attached hydrogen (secondary N) is 2. The van der Waals surface area contributed by atoms with Gasteiger partial charge in [-0.25, -0.2) is 9.97 Å². The van der Waals surface area contributed by atoms with Crippen LogP contribution in [0.3, 0.4) is 0 Å². The van der Waals surface area contributed by atoms with Gasteiger partial charge in [0.15, 0.2) is 0 Å². The predicted octanol–water partition coefficient (Wildman–Crippen LogP) is 5.89. The molecular weight excluding hydrogens is 485 g/mol. The zero-order valence-corrected chi connectivity index (χ0v) is 19.4. The molecule has 10 heteroatoms. The number of anilines is 1. The third-order valence-corrected chi connectivity index (χ3v) is 6.52. The second-order valence-electron chi connectivity index (χ2n) is 9.03. The van der Waals surface area contributed by atoms with Crippen LogP contribution < -0.4 is 14.8 Å². The monoisotopic (exact) mass is 506 g/mol. The molecule has 2 N–H and O–H groups in total. The van der Waals surface area contributed by atoms with Gasteiger partial charge in [0.25, 0.3) is 0 Å². The zero-order chi connectivity index (χ0) is 25.6. The van der Waals surface area contributed by atoms with E-state index in [0.717, 1.165) is 29.0 Å². The van der Waals surface area contributed by atoms with Gasteiger partial charge in [0.2, 0.25) is 5.91 Å². The quantitative estimate of drug-likeness (QED) is 0.361. The van der Waals surface area contributed by atoms with Crippen molar-refractivity contribution in [3.63, 3.8) is 0 Å². The minimum absolute atomic E-state index is 0.0664. The Labute approximate surface area is 209 Å². The number of carbonyl (C=O) groups excluding carboxylic acids is 1. The van der Waals surface area contributed by atoms with Crippen LogP contribution in [-0.4, -0.2) is 27.5 Å². The number of imidazole rings is 1. The molecule has 0 saturated carbocycles. The van der Waals surface area contributed by atoms with Crippen LogP contribution in [0.2, 0.25) is 0 Å². The number of halogens is 3. The number of ether oxygens (including phenoxy) is 2. The second-order valence-corrected chi connectivity index (χ2v) is 9.03. The summed E-state index contributed by atoms with van der Waals surface area (Å²) >= 11 is 0. The normalized spacial score (nSPS) is 16.8. The maximum atomic E-state index is 13.1. The minimum Gasteiger partial charge on any atom is -0.493 e. The van der Waals surface area contributed by atoms with E-state index in [1.807, 2.05) is 18.2 Å². The van der Waals surface area contributed by atoms with Gasteiger partial charge in [-0.1, -0.05) is 12.1 Å². The number of nitrogens with zero attached hydrogens (tertiary/aromatic N) is 2. The van der Waals surface area contributed by atoms with Crippen LogP contribution in [0.15, 0.2) is 60.9 Å². The van der Waals surface area contributed by atoms with Crippen molar-refractivity contribution >= 4 is 11.7 Å². The van der Waals surface area contributed by atoms with Crippen LogP contribution in [0.5, 0.6) is 17.2 Å². The molecule has 1 unspecified atom stereocenters. The number of pyridine rings is 1. The van der Waals surface area contributed by atoms with E-state index < -0.39 is 11.7 Å². The number of aromatic amines is 1. The molecule has 4 aromatic rings. The van der Waals surface area contributed by atoms with E-state index in [1.54, 1.807) is 24.5 Å². The van der Waals surface area contributed by atoms with Gasteiger partial charge in [-0.05, 0) is 54.8 Å². The van der Waals surface area contributed by atoms with E-state index in [2.05, 4.69) is 20.3 Å². The van der Waals surface area contributed by atoms with E-state index in [9.17, 15) is 18.0 Å². The number of fused-ring (bicyclic) bond motifs is 2. The Hall–Kier alpha value is -4.34. The summed E-state index contributed by atoms with van der Waals surface area (Å²) in [6.07, 6.45) is 0.269. The molecule has 37 heavy (non-hydrogen) atoms. The van der Waals surface area contributed by atoms with E-state index in [4.69, 9.17) is 9.47 Å². The molecule has 0 spiro atoms. The smallest absolute Gasteiger partial charge is 0.416 e. The molecule has 0 radical (unpaired) electrons. The Morgan fingerprint density at radius 1 is 1.05 bits per heavy atom. The highest BCUT2D eigenvalue weighted by Crippen LogP contribution is 2.38. The first-order valence-corrected chi connectivity index (χ1v) is 11.8. The summed E-state index contributed by atoms with van der Waals surface area (Å²) < 4.78 is 51.5. The van der Waals surface area contributed by atoms with E-state index in [0.29, 0.717) is 60.3 Å². The van der Waals surface area contributed by atoms with Crippen LogP contribution in [0.4, 0.5) is 19.0 Å². The van der Waals surface area contributed by atoms with Crippen LogP contribution in [0, 0.1) is 0 Å². The first-order valence-electron chi connectivity index (χ1n) is 11.8. The molecule has 7 nitrogen and oxygen atoms in total. The summed E-state index contributed by atoms with van der Waals surface area (Å²) in [7, 11) is 0. The van der Waals surface area contributed by atoms with Gasteiger partial charge in [0.1, 0.15) is 28.9 Å². The molecule has 1 atom stereocenters. The van der Waals surface area contributed by atoms with Gasteiger partial charge in [-0.3, -0.25) is 4.79 Å². The fourth-order valence-electron chi connectivity index (χ4n) is 4.64. The second kappa shape index (κ2) is 8.95. The number of rotatable bonds is 4. The topological polar surface area (TPSA) is 89.1 Å². The zero-order valence-electron chi connectivity index (χ0n) is 19.4. The highest BCUT2D eigenvalue weighted by molar-refractivity contribution is 5.93. The lowest BCUT2D eigenvalue weighted by atomic mass is 9.96. The molecule has 4 heterocycles. The number of aromatic nitrogens is 3. The van der Waals surface area contributed by atoms with Crippen molar-refractivity contribution < 1.29 is 27.4 Å². The van der Waals surface area contributed by atoms with Crippen LogP contribution in [0.25, 0.3) is 11.3 Å². The van der Waals surface area contributed by atoms with Gasteiger partial charge >= 0.3 is 6.18 Å². The summed E-state index contributed by atoms with van der Waals surface area (Å²) in [5, 5.41) is 2.77. The standard InChI is InChI=1S/C27H21F3N4O3/c28-27(29,30)18-3-1-2-15(11-18)21-13-32-25(33-21)17-10-16-12-19(4-6-22(16)36-14-17)37-23-8-9-31-26-20(23)5-7-24(35)34-26/h1-4,6,8-9,11-13,17H,5,7,10,14H2,(H,32,33)(H,31,34,35). The Kier molecular flexibility index (Phi) is 5.58. The van der Waals surface area contributed by atoms with Gasteiger partial charge in [-0.15, -0.1) is 0 Å². The van der Waals surface area contributed by atoms with Crippen molar-refractivity contribution in [3.8, 4) is 28.5 Å². The summed E-state index contributed by atoms with van der Waals surface area (Å²) in [6, 6.07) is 12.5. The van der Waals surface area contributed by atoms with Gasteiger partial charge in [-0.2, -0.15) is 13.2 Å². The average Bonchev–Trinajstić information content (AvgIpc) is 3.38. The van der Waals surface area contributed by atoms with Gasteiger partial charge < -0.3 is 19.8 Å². The summed E-state index contributed by atoms with van der Waals surface area (Å²) in [5.74, 6) is 2.99. The van der Waals surface area contributed by atoms with Crippen molar-refractivity contribution in [2.24, 2.45) is 0 Å². The molecule has 2 aromatic heterocycles. The molecule has 2 aliphatic rings. The molecule has 2 aromatic carbocycles. The third kappa shape index (κ3) is 4.62. The minimum atomic E-state index is -4.41. The van der Waals surface area contributed by atoms with Crippen molar-refractivity contribution in [3.05, 3.63) is 83.4 Å². The number of alkyl halides is 3. The number of H-pyrrole nitrogens is 1. The van der Waals surface area contributed by atoms with Gasteiger partial charge in [0, 0.05) is 23.7 Å². The molecule has 188 valence electrons. The van der Waals surface area contributed by atoms with Crippen molar-refractivity contribution in [1.29, 1.82) is 0 Å². The number of amides is 1. The Morgan fingerprint density at radius 3 is 2.81 bits per heavy atom. The maximum Gasteiger partial charge on any atom is 0.416 e. The maximum absolute atomic E-state index is 13.1. The Balaban J connectivity index is 1.21. The van der Waals surface area contributed by atoms with Crippen LogP contribution >= 0.6 is 0 Å². The van der Waals surface area contributed by atoms with Crippen molar-refractivity contribution in [2.75, 3.05) is 11.9 Å². The molecule has 0 fully saturated rings. The highest BCUT2D eigenvalue weighted by atomic mass is 19.4. The van der Waals surface area contributed by atoms with Crippen LogP contribution in [0.1, 0.15) is 34.9 Å². The Bertz CT molecular complexity index is 1500. The van der Waals surface area contributed by atoms with Crippen molar-refractivity contribution in [1.82, 2.24) is 15.0 Å². The number of benzene rings is 2. The van der Waals surface area contributed by atoms with Crippen LogP contribution in [-0.2, 0) is 23.8 Å². The van der Waals surface area contributed by atoms with E-state index >= 15 is 0 Å². The van der Waals surface area contributed by atoms with Crippen molar-refractivity contribution in [2.45, 2.75) is 31.4 Å². The molecule has 1 amide bonds. The number of hydrogen-bond acceptors (Lipinski definition) is 5. The molecule has 0 bridgehead atoms. The lowest BCUT2D eigenvalue weighted by Gasteiger charge is -2.25.